The summed E-state index contributed by atoms with van der Waals surface area (Å²) in [7, 11) is 2.06. The van der Waals surface area contributed by atoms with Crippen molar-refractivity contribution in [3.8, 4) is 11.4 Å². The molecule has 2 aliphatic rings. The lowest BCUT2D eigenvalue weighted by Crippen LogP contribution is -2.63. The molecule has 5 rings (SSSR count). The summed E-state index contributed by atoms with van der Waals surface area (Å²) < 4.78 is 5.53. The number of aliphatic hydroxyl groups is 1. The molecule has 190 valence electrons. The van der Waals surface area contributed by atoms with Crippen LogP contribution in [0.2, 0.25) is 0 Å². The highest BCUT2D eigenvalue weighted by molar-refractivity contribution is 5.75. The number of nitrogens with zero attached hydrogens (tertiary/aromatic N) is 4. The van der Waals surface area contributed by atoms with E-state index in [4.69, 9.17) is 10.3 Å². The van der Waals surface area contributed by atoms with E-state index in [1.807, 2.05) is 18.2 Å². The van der Waals surface area contributed by atoms with Crippen LogP contribution in [0, 0.1) is 10.8 Å². The third-order valence-electron chi connectivity index (χ3n) is 8.02. The molecule has 8 nitrogen and oxygen atoms in total. The van der Waals surface area contributed by atoms with Crippen LogP contribution in [0.1, 0.15) is 68.5 Å². The zero-order chi connectivity index (χ0) is 25.7. The molecule has 0 unspecified atom stereocenters. The second kappa shape index (κ2) is 8.78. The summed E-state index contributed by atoms with van der Waals surface area (Å²) in [4.78, 5) is 22.7. The lowest BCUT2D eigenvalue weighted by atomic mass is 9.62. The SMILES string of the molecule is CC(C)c1ccc([C@](O)(c2cncc(-c3noc(CC4(CC(N)=O)CC4)n3)c2)C2(C)CN(C)C2)cc1. The first kappa shape index (κ1) is 24.6. The van der Waals surface area contributed by atoms with Gasteiger partial charge in [-0.05, 0) is 48.4 Å². The highest BCUT2D eigenvalue weighted by Gasteiger charge is 2.55. The number of likely N-dealkylation sites (tertiary alicyclic amines) is 1. The fraction of sp³-hybridized carbons (Fsp3) is 0.500. The van der Waals surface area contributed by atoms with Crippen molar-refractivity contribution in [3.05, 3.63) is 65.3 Å². The second-order valence-corrected chi connectivity index (χ2v) is 11.5. The van der Waals surface area contributed by atoms with Crippen LogP contribution in [-0.2, 0) is 16.8 Å². The Kier molecular flexibility index (Phi) is 6.00. The van der Waals surface area contributed by atoms with E-state index in [1.54, 1.807) is 12.4 Å². The molecule has 1 saturated carbocycles. The smallest absolute Gasteiger partial charge is 0.227 e. The Morgan fingerprint density at radius 3 is 2.47 bits per heavy atom. The normalized spacial score (nSPS) is 20.1. The highest BCUT2D eigenvalue weighted by Crippen LogP contribution is 2.52. The largest absolute Gasteiger partial charge is 0.380 e. The summed E-state index contributed by atoms with van der Waals surface area (Å²) in [5, 5.41) is 16.6. The zero-order valence-electron chi connectivity index (χ0n) is 21.5. The molecule has 0 spiro atoms. The first-order chi connectivity index (χ1) is 17.0. The molecule has 36 heavy (non-hydrogen) atoms. The number of rotatable bonds is 9. The molecule has 1 aromatic carbocycles. The molecule has 3 aromatic rings. The molecule has 2 aromatic heterocycles. The standard InChI is InChI=1S/C28H35N5O3/c1-18(2)19-5-7-21(8-6-19)28(35,26(3)16-33(4)17-26)22-11-20(14-30-15-22)25-31-24(36-32-25)13-27(9-10-27)12-23(29)34/h5-8,11,14-15,18,35H,9-10,12-13,16-17H2,1-4H3,(H2,29,34)/t28-/m0/s1. The maximum absolute atomic E-state index is 12.4. The summed E-state index contributed by atoms with van der Waals surface area (Å²) in [6, 6.07) is 10.2. The van der Waals surface area contributed by atoms with Gasteiger partial charge in [0.05, 0.1) is 0 Å². The van der Waals surface area contributed by atoms with Crippen molar-refractivity contribution in [2.45, 2.75) is 58.0 Å². The molecule has 1 atom stereocenters. The lowest BCUT2D eigenvalue weighted by molar-refractivity contribution is -0.127. The first-order valence-corrected chi connectivity index (χ1v) is 12.6. The van der Waals surface area contributed by atoms with Crippen LogP contribution in [0.25, 0.3) is 11.4 Å². The zero-order valence-corrected chi connectivity index (χ0v) is 21.5. The van der Waals surface area contributed by atoms with Crippen LogP contribution in [-0.4, -0.2) is 51.2 Å². The molecule has 1 amide bonds. The summed E-state index contributed by atoms with van der Waals surface area (Å²) in [6.07, 6.45) is 6.15. The molecule has 8 heteroatoms. The summed E-state index contributed by atoms with van der Waals surface area (Å²) in [5.74, 6) is 1.01. The van der Waals surface area contributed by atoms with Crippen LogP contribution < -0.4 is 5.73 Å². The Bertz CT molecular complexity index is 1260. The number of aromatic nitrogens is 3. The lowest BCUT2D eigenvalue weighted by Gasteiger charge is -2.55. The minimum atomic E-state index is -1.25. The quantitative estimate of drug-likeness (QED) is 0.471. The Morgan fingerprint density at radius 1 is 1.19 bits per heavy atom. The van der Waals surface area contributed by atoms with Gasteiger partial charge in [-0.15, -0.1) is 0 Å². The Morgan fingerprint density at radius 2 is 1.89 bits per heavy atom. The molecule has 1 aliphatic carbocycles. The van der Waals surface area contributed by atoms with E-state index in [-0.39, 0.29) is 11.3 Å². The number of carbonyl (C=O) groups is 1. The van der Waals surface area contributed by atoms with Crippen molar-refractivity contribution in [1.29, 1.82) is 0 Å². The van der Waals surface area contributed by atoms with E-state index in [0.717, 1.165) is 31.5 Å². The van der Waals surface area contributed by atoms with Gasteiger partial charge in [-0.25, -0.2) is 0 Å². The van der Waals surface area contributed by atoms with Gasteiger partial charge in [0.25, 0.3) is 0 Å². The molecule has 2 fully saturated rings. The maximum atomic E-state index is 12.4. The molecule has 1 saturated heterocycles. The minimum absolute atomic E-state index is 0.150. The Balaban J connectivity index is 1.48. The van der Waals surface area contributed by atoms with Crippen molar-refractivity contribution in [3.63, 3.8) is 0 Å². The summed E-state index contributed by atoms with van der Waals surface area (Å²) >= 11 is 0. The van der Waals surface area contributed by atoms with Crippen LogP contribution in [0.15, 0.2) is 47.2 Å². The fourth-order valence-electron chi connectivity index (χ4n) is 5.83. The topological polar surface area (TPSA) is 118 Å². The van der Waals surface area contributed by atoms with Gasteiger partial charge in [0.1, 0.15) is 5.60 Å². The van der Waals surface area contributed by atoms with Crippen LogP contribution in [0.5, 0.6) is 0 Å². The van der Waals surface area contributed by atoms with Crippen molar-refractivity contribution in [2.24, 2.45) is 16.6 Å². The third-order valence-corrected chi connectivity index (χ3v) is 8.02. The van der Waals surface area contributed by atoms with E-state index >= 15 is 0 Å². The summed E-state index contributed by atoms with van der Waals surface area (Å²) in [5.41, 5.74) is 7.08. The Hall–Kier alpha value is -3.10. The van der Waals surface area contributed by atoms with Gasteiger partial charge in [-0.2, -0.15) is 4.98 Å². The third kappa shape index (κ3) is 4.33. The fourth-order valence-corrected chi connectivity index (χ4v) is 5.83. The Labute approximate surface area is 211 Å². The molecule has 0 radical (unpaired) electrons. The number of primary amides is 1. The summed E-state index contributed by atoms with van der Waals surface area (Å²) in [6.45, 7) is 7.96. The maximum Gasteiger partial charge on any atom is 0.227 e. The van der Waals surface area contributed by atoms with E-state index < -0.39 is 11.0 Å². The number of benzene rings is 1. The van der Waals surface area contributed by atoms with Crippen molar-refractivity contribution < 1.29 is 14.4 Å². The van der Waals surface area contributed by atoms with E-state index in [0.29, 0.717) is 41.6 Å². The van der Waals surface area contributed by atoms with E-state index in [9.17, 15) is 9.90 Å². The molecular formula is C28H35N5O3. The number of nitrogens with two attached hydrogens (primary N) is 1. The predicted octanol–water partition coefficient (Wildman–Crippen LogP) is 3.64. The van der Waals surface area contributed by atoms with Gasteiger partial charge >= 0.3 is 0 Å². The average Bonchev–Trinajstić information content (AvgIpc) is 3.40. The number of carbonyl (C=O) groups excluding carboxylic acids is 1. The molecule has 1 aliphatic heterocycles. The second-order valence-electron chi connectivity index (χ2n) is 11.5. The highest BCUT2D eigenvalue weighted by atomic mass is 16.5. The van der Waals surface area contributed by atoms with E-state index in [2.05, 4.69) is 60.0 Å². The van der Waals surface area contributed by atoms with Gasteiger partial charge in [-0.3, -0.25) is 9.78 Å². The molecular weight excluding hydrogens is 454 g/mol. The van der Waals surface area contributed by atoms with Gasteiger partial charge in [0.15, 0.2) is 0 Å². The van der Waals surface area contributed by atoms with Crippen molar-refractivity contribution in [1.82, 2.24) is 20.0 Å². The molecule has 3 heterocycles. The van der Waals surface area contributed by atoms with Crippen LogP contribution >= 0.6 is 0 Å². The molecule has 3 N–H and O–H groups in total. The number of hydrogen-bond acceptors (Lipinski definition) is 7. The van der Waals surface area contributed by atoms with Crippen LogP contribution in [0.3, 0.4) is 0 Å². The number of pyridine rings is 1. The predicted molar refractivity (Wildman–Crippen MR) is 136 cm³/mol. The van der Waals surface area contributed by atoms with Gasteiger partial charge < -0.3 is 20.3 Å². The number of amides is 1. The van der Waals surface area contributed by atoms with Crippen molar-refractivity contribution in [2.75, 3.05) is 20.1 Å². The first-order valence-electron chi connectivity index (χ1n) is 12.6. The van der Waals surface area contributed by atoms with Gasteiger partial charge in [-0.1, -0.05) is 50.2 Å². The van der Waals surface area contributed by atoms with Gasteiger partial charge in [0.2, 0.25) is 17.6 Å². The van der Waals surface area contributed by atoms with Crippen molar-refractivity contribution >= 4 is 5.91 Å². The monoisotopic (exact) mass is 489 g/mol. The van der Waals surface area contributed by atoms with Crippen LogP contribution in [0.4, 0.5) is 0 Å². The minimum Gasteiger partial charge on any atom is -0.380 e. The van der Waals surface area contributed by atoms with Gasteiger partial charge in [0, 0.05) is 54.9 Å². The van der Waals surface area contributed by atoms with E-state index in [1.165, 1.54) is 5.56 Å². The number of hydrogen-bond donors (Lipinski definition) is 2. The molecule has 0 bridgehead atoms. The average molecular weight is 490 g/mol.